The molecule has 1 heterocycles. The van der Waals surface area contributed by atoms with Crippen molar-refractivity contribution in [3.05, 3.63) is 47.7 Å². The SMILES string of the molecule is NCc1ccc(Oc2cccc(F)c2F)nn1. The maximum atomic E-state index is 13.3. The second kappa shape index (κ2) is 4.84. The van der Waals surface area contributed by atoms with Crippen LogP contribution in [0.4, 0.5) is 8.78 Å². The van der Waals surface area contributed by atoms with Crippen LogP contribution in [0.25, 0.3) is 0 Å². The van der Waals surface area contributed by atoms with E-state index in [1.165, 1.54) is 18.2 Å². The Morgan fingerprint density at radius 2 is 1.94 bits per heavy atom. The topological polar surface area (TPSA) is 61.0 Å². The third kappa shape index (κ3) is 2.54. The highest BCUT2D eigenvalue weighted by atomic mass is 19.2. The Hall–Kier alpha value is -2.08. The summed E-state index contributed by atoms with van der Waals surface area (Å²) in [6, 6.07) is 6.73. The lowest BCUT2D eigenvalue weighted by Crippen LogP contribution is -2.01. The van der Waals surface area contributed by atoms with E-state index >= 15 is 0 Å². The van der Waals surface area contributed by atoms with Crippen molar-refractivity contribution in [3.8, 4) is 11.6 Å². The third-order valence-electron chi connectivity index (χ3n) is 2.04. The molecule has 1 aromatic heterocycles. The Morgan fingerprint density at radius 1 is 1.12 bits per heavy atom. The van der Waals surface area contributed by atoms with Crippen molar-refractivity contribution in [2.75, 3.05) is 0 Å². The van der Waals surface area contributed by atoms with Crippen LogP contribution in [0.3, 0.4) is 0 Å². The number of hydrogen-bond donors (Lipinski definition) is 1. The fraction of sp³-hybridized carbons (Fsp3) is 0.0909. The Labute approximate surface area is 96.0 Å². The number of aromatic nitrogens is 2. The highest BCUT2D eigenvalue weighted by Crippen LogP contribution is 2.23. The molecule has 2 aromatic rings. The second-order valence-corrected chi connectivity index (χ2v) is 3.22. The number of halogens is 2. The molecule has 0 unspecified atom stereocenters. The minimum Gasteiger partial charge on any atom is -0.434 e. The molecule has 0 spiro atoms. The quantitative estimate of drug-likeness (QED) is 0.886. The summed E-state index contributed by atoms with van der Waals surface area (Å²) in [5, 5.41) is 7.40. The maximum Gasteiger partial charge on any atom is 0.239 e. The van der Waals surface area contributed by atoms with E-state index in [0.717, 1.165) is 6.07 Å². The monoisotopic (exact) mass is 237 g/mol. The molecule has 0 amide bonds. The predicted molar refractivity (Wildman–Crippen MR) is 56.4 cm³/mol. The van der Waals surface area contributed by atoms with E-state index in [1.807, 2.05) is 0 Å². The molecule has 1 aromatic carbocycles. The average molecular weight is 237 g/mol. The Bertz CT molecular complexity index is 517. The van der Waals surface area contributed by atoms with Crippen molar-refractivity contribution in [2.24, 2.45) is 5.73 Å². The van der Waals surface area contributed by atoms with Gasteiger partial charge in [-0.3, -0.25) is 0 Å². The van der Waals surface area contributed by atoms with Gasteiger partial charge in [0, 0.05) is 12.6 Å². The lowest BCUT2D eigenvalue weighted by molar-refractivity contribution is 0.401. The molecule has 0 saturated heterocycles. The molecule has 0 aliphatic carbocycles. The van der Waals surface area contributed by atoms with Gasteiger partial charge in [-0.05, 0) is 18.2 Å². The zero-order valence-electron chi connectivity index (χ0n) is 8.73. The first-order chi connectivity index (χ1) is 8.20. The summed E-state index contributed by atoms with van der Waals surface area (Å²) >= 11 is 0. The smallest absolute Gasteiger partial charge is 0.239 e. The first kappa shape index (κ1) is 11.4. The van der Waals surface area contributed by atoms with Crippen molar-refractivity contribution in [1.82, 2.24) is 10.2 Å². The van der Waals surface area contributed by atoms with Crippen molar-refractivity contribution >= 4 is 0 Å². The average Bonchev–Trinajstić information content (AvgIpc) is 2.36. The first-order valence-corrected chi connectivity index (χ1v) is 4.85. The van der Waals surface area contributed by atoms with E-state index in [1.54, 1.807) is 6.07 Å². The number of benzene rings is 1. The molecule has 0 fully saturated rings. The zero-order chi connectivity index (χ0) is 12.3. The van der Waals surface area contributed by atoms with Crippen LogP contribution in [0.1, 0.15) is 5.69 Å². The predicted octanol–water partition coefficient (Wildman–Crippen LogP) is 2.01. The van der Waals surface area contributed by atoms with Crippen molar-refractivity contribution in [1.29, 1.82) is 0 Å². The summed E-state index contributed by atoms with van der Waals surface area (Å²) in [5.74, 6) is -2.20. The molecule has 4 nitrogen and oxygen atoms in total. The van der Waals surface area contributed by atoms with Gasteiger partial charge in [0.15, 0.2) is 11.6 Å². The van der Waals surface area contributed by atoms with Crippen LogP contribution in [-0.2, 0) is 6.54 Å². The van der Waals surface area contributed by atoms with Crippen LogP contribution >= 0.6 is 0 Å². The van der Waals surface area contributed by atoms with E-state index in [-0.39, 0.29) is 18.2 Å². The van der Waals surface area contributed by atoms with Gasteiger partial charge in [0.05, 0.1) is 5.69 Å². The Kier molecular flexibility index (Phi) is 3.24. The van der Waals surface area contributed by atoms with Crippen LogP contribution in [-0.4, -0.2) is 10.2 Å². The molecular formula is C11H9F2N3O. The number of nitrogens with zero attached hydrogens (tertiary/aromatic N) is 2. The largest absolute Gasteiger partial charge is 0.434 e. The van der Waals surface area contributed by atoms with Crippen molar-refractivity contribution < 1.29 is 13.5 Å². The van der Waals surface area contributed by atoms with Crippen LogP contribution in [0.15, 0.2) is 30.3 Å². The Morgan fingerprint density at radius 3 is 2.59 bits per heavy atom. The molecule has 0 aliphatic heterocycles. The van der Waals surface area contributed by atoms with Gasteiger partial charge >= 0.3 is 0 Å². The number of hydrogen-bond acceptors (Lipinski definition) is 4. The van der Waals surface area contributed by atoms with Crippen LogP contribution in [0, 0.1) is 11.6 Å². The van der Waals surface area contributed by atoms with Crippen LogP contribution in [0.2, 0.25) is 0 Å². The normalized spacial score (nSPS) is 10.3. The van der Waals surface area contributed by atoms with Gasteiger partial charge < -0.3 is 10.5 Å². The van der Waals surface area contributed by atoms with Gasteiger partial charge in [0.2, 0.25) is 11.7 Å². The van der Waals surface area contributed by atoms with Gasteiger partial charge in [-0.2, -0.15) is 9.49 Å². The fourth-order valence-corrected chi connectivity index (χ4v) is 1.19. The summed E-state index contributed by atoms with van der Waals surface area (Å²) in [5.41, 5.74) is 5.92. The molecule has 0 saturated carbocycles. The molecular weight excluding hydrogens is 228 g/mol. The number of nitrogens with two attached hydrogens (primary N) is 1. The van der Waals surface area contributed by atoms with E-state index in [4.69, 9.17) is 10.5 Å². The minimum atomic E-state index is -1.06. The summed E-state index contributed by atoms with van der Waals surface area (Å²) in [6.45, 7) is 0.252. The standard InChI is InChI=1S/C11H9F2N3O/c12-8-2-1-3-9(11(8)13)17-10-5-4-7(6-14)15-16-10/h1-5H,6,14H2. The first-order valence-electron chi connectivity index (χ1n) is 4.85. The molecule has 17 heavy (non-hydrogen) atoms. The number of rotatable bonds is 3. The van der Waals surface area contributed by atoms with Gasteiger partial charge in [-0.1, -0.05) is 6.07 Å². The summed E-state index contributed by atoms with van der Waals surface area (Å²) in [4.78, 5) is 0. The fourth-order valence-electron chi connectivity index (χ4n) is 1.19. The van der Waals surface area contributed by atoms with E-state index in [2.05, 4.69) is 10.2 Å². The van der Waals surface area contributed by atoms with Gasteiger partial charge in [0.1, 0.15) is 0 Å². The lowest BCUT2D eigenvalue weighted by Gasteiger charge is -2.05. The molecule has 0 radical (unpaired) electrons. The van der Waals surface area contributed by atoms with E-state index in [9.17, 15) is 8.78 Å². The van der Waals surface area contributed by atoms with Crippen molar-refractivity contribution in [2.45, 2.75) is 6.54 Å². The van der Waals surface area contributed by atoms with Crippen LogP contribution in [0.5, 0.6) is 11.6 Å². The zero-order valence-corrected chi connectivity index (χ0v) is 8.73. The van der Waals surface area contributed by atoms with E-state index in [0.29, 0.717) is 5.69 Å². The third-order valence-corrected chi connectivity index (χ3v) is 2.04. The van der Waals surface area contributed by atoms with Gasteiger partial charge in [-0.15, -0.1) is 5.10 Å². The summed E-state index contributed by atoms with van der Waals surface area (Å²) in [7, 11) is 0. The molecule has 2 rings (SSSR count). The highest BCUT2D eigenvalue weighted by molar-refractivity contribution is 5.29. The summed E-state index contributed by atoms with van der Waals surface area (Å²) in [6.07, 6.45) is 0. The molecule has 88 valence electrons. The van der Waals surface area contributed by atoms with E-state index < -0.39 is 11.6 Å². The summed E-state index contributed by atoms with van der Waals surface area (Å²) < 4.78 is 31.2. The van der Waals surface area contributed by atoms with Crippen molar-refractivity contribution in [3.63, 3.8) is 0 Å². The molecule has 2 N–H and O–H groups in total. The minimum absolute atomic E-state index is 0.0756. The number of ether oxygens (including phenoxy) is 1. The van der Waals surface area contributed by atoms with Gasteiger partial charge in [-0.25, -0.2) is 4.39 Å². The molecule has 0 atom stereocenters. The lowest BCUT2D eigenvalue weighted by atomic mass is 10.3. The maximum absolute atomic E-state index is 13.3. The van der Waals surface area contributed by atoms with Crippen LogP contribution < -0.4 is 10.5 Å². The second-order valence-electron chi connectivity index (χ2n) is 3.22. The molecule has 0 bridgehead atoms. The van der Waals surface area contributed by atoms with Gasteiger partial charge in [0.25, 0.3) is 0 Å². The molecule has 0 aliphatic rings. The highest BCUT2D eigenvalue weighted by Gasteiger charge is 2.10. The Balaban J connectivity index is 2.22. The molecule has 6 heteroatoms.